The van der Waals surface area contributed by atoms with Gasteiger partial charge in [0.2, 0.25) is 5.91 Å². The molecule has 3 N–H and O–H groups in total. The predicted molar refractivity (Wildman–Crippen MR) is 117 cm³/mol. The van der Waals surface area contributed by atoms with Gasteiger partial charge in [-0.1, -0.05) is 19.9 Å². The van der Waals surface area contributed by atoms with Gasteiger partial charge in [-0.25, -0.2) is 0 Å². The number of fused-ring (bicyclic) bond motifs is 1. The molecule has 0 spiro atoms. The Bertz CT molecular complexity index is 950. The lowest BCUT2D eigenvalue weighted by Crippen LogP contribution is -2.45. The molecule has 1 atom stereocenters. The van der Waals surface area contributed by atoms with E-state index < -0.39 is 17.4 Å². The lowest BCUT2D eigenvalue weighted by molar-refractivity contribution is -0.136. The molecule has 0 saturated heterocycles. The zero-order valence-corrected chi connectivity index (χ0v) is 18.1. The van der Waals surface area contributed by atoms with E-state index in [9.17, 15) is 19.5 Å². The van der Waals surface area contributed by atoms with E-state index in [1.807, 2.05) is 19.9 Å². The molecule has 1 aromatic heterocycles. The van der Waals surface area contributed by atoms with Crippen molar-refractivity contribution in [3.8, 4) is 0 Å². The van der Waals surface area contributed by atoms with Crippen molar-refractivity contribution in [2.75, 3.05) is 23.3 Å². The van der Waals surface area contributed by atoms with Gasteiger partial charge in [-0.3, -0.25) is 14.4 Å². The Morgan fingerprint density at radius 1 is 1.23 bits per heavy atom. The van der Waals surface area contributed by atoms with Crippen molar-refractivity contribution < 1.29 is 23.9 Å². The van der Waals surface area contributed by atoms with E-state index in [4.69, 9.17) is 4.42 Å². The summed E-state index contributed by atoms with van der Waals surface area (Å²) in [6.45, 7) is 5.78. The molecule has 0 radical (unpaired) electrons. The normalized spacial score (nSPS) is 15.2. The van der Waals surface area contributed by atoms with Gasteiger partial charge in [0, 0.05) is 36.8 Å². The summed E-state index contributed by atoms with van der Waals surface area (Å²) in [4.78, 5) is 38.8. The van der Waals surface area contributed by atoms with E-state index in [-0.39, 0.29) is 24.8 Å². The standard InChI is InChI=1S/C23H29N3O5/c1-15(2)22(29)26-10-4-6-16-8-9-17(12-19(16)26)25-21(28)20(27)24-14-23(3,30)13-18-7-5-11-31-18/h5,7-9,11-12,15,30H,4,6,10,13-14H2,1-3H3,(H,24,27)(H,25,28). The number of rotatable bonds is 6. The van der Waals surface area contributed by atoms with Crippen molar-refractivity contribution in [2.24, 2.45) is 5.92 Å². The van der Waals surface area contributed by atoms with Gasteiger partial charge < -0.3 is 25.1 Å². The number of nitrogens with zero attached hydrogens (tertiary/aromatic N) is 1. The maximum atomic E-state index is 12.5. The first kappa shape index (κ1) is 22.6. The van der Waals surface area contributed by atoms with Gasteiger partial charge in [0.25, 0.3) is 0 Å². The SMILES string of the molecule is CC(C)C(=O)N1CCCc2ccc(NC(=O)C(=O)NCC(C)(O)Cc3ccco3)cc21. The Hall–Kier alpha value is -3.13. The smallest absolute Gasteiger partial charge is 0.313 e. The van der Waals surface area contributed by atoms with Crippen LogP contribution < -0.4 is 15.5 Å². The molecule has 8 nitrogen and oxygen atoms in total. The van der Waals surface area contributed by atoms with Gasteiger partial charge in [-0.2, -0.15) is 0 Å². The van der Waals surface area contributed by atoms with Gasteiger partial charge in [0.05, 0.1) is 11.9 Å². The minimum Gasteiger partial charge on any atom is -0.469 e. The second-order valence-corrected chi connectivity index (χ2v) is 8.48. The van der Waals surface area contributed by atoms with Crippen molar-refractivity contribution in [3.05, 3.63) is 47.9 Å². The number of aryl methyl sites for hydroxylation is 1. The first-order valence-corrected chi connectivity index (χ1v) is 10.4. The Kier molecular flexibility index (Phi) is 6.80. The molecule has 8 heteroatoms. The number of aliphatic hydroxyl groups is 1. The van der Waals surface area contributed by atoms with Crippen LogP contribution in [0.1, 0.15) is 38.5 Å². The molecule has 166 valence electrons. The zero-order chi connectivity index (χ0) is 22.6. The molecule has 0 saturated carbocycles. The number of amides is 3. The van der Waals surface area contributed by atoms with E-state index in [1.165, 1.54) is 6.26 Å². The molecule has 2 aromatic rings. The van der Waals surface area contributed by atoms with Crippen molar-refractivity contribution in [3.63, 3.8) is 0 Å². The Morgan fingerprint density at radius 2 is 2.00 bits per heavy atom. The van der Waals surface area contributed by atoms with E-state index >= 15 is 0 Å². The number of anilines is 2. The summed E-state index contributed by atoms with van der Waals surface area (Å²) in [6, 6.07) is 8.77. The van der Waals surface area contributed by atoms with Gasteiger partial charge in [-0.05, 0) is 49.6 Å². The second-order valence-electron chi connectivity index (χ2n) is 8.48. The number of nitrogens with one attached hydrogen (secondary N) is 2. The largest absolute Gasteiger partial charge is 0.469 e. The van der Waals surface area contributed by atoms with Crippen molar-refractivity contribution in [1.29, 1.82) is 0 Å². The van der Waals surface area contributed by atoms with E-state index in [1.54, 1.807) is 36.1 Å². The van der Waals surface area contributed by atoms with E-state index in [2.05, 4.69) is 10.6 Å². The summed E-state index contributed by atoms with van der Waals surface area (Å²) in [5, 5.41) is 15.4. The Labute approximate surface area is 181 Å². The molecular formula is C23H29N3O5. The highest BCUT2D eigenvalue weighted by molar-refractivity contribution is 6.39. The maximum absolute atomic E-state index is 12.5. The number of benzene rings is 1. The predicted octanol–water partition coefficient (Wildman–Crippen LogP) is 2.26. The van der Waals surface area contributed by atoms with Crippen molar-refractivity contribution >= 4 is 29.1 Å². The fourth-order valence-electron chi connectivity index (χ4n) is 3.58. The van der Waals surface area contributed by atoms with Crippen LogP contribution in [0.5, 0.6) is 0 Å². The van der Waals surface area contributed by atoms with Crippen molar-refractivity contribution in [2.45, 2.75) is 45.6 Å². The number of carbonyl (C=O) groups excluding carboxylic acids is 3. The van der Waals surface area contributed by atoms with Gasteiger partial charge in [0.15, 0.2) is 0 Å². The van der Waals surface area contributed by atoms with Gasteiger partial charge >= 0.3 is 11.8 Å². The molecule has 1 aliphatic rings. The molecule has 0 fully saturated rings. The van der Waals surface area contributed by atoms with Crippen LogP contribution in [0.3, 0.4) is 0 Å². The molecule has 31 heavy (non-hydrogen) atoms. The fraction of sp³-hybridized carbons (Fsp3) is 0.435. The molecule has 0 bridgehead atoms. The highest BCUT2D eigenvalue weighted by Gasteiger charge is 2.27. The highest BCUT2D eigenvalue weighted by atomic mass is 16.3. The molecule has 1 aromatic carbocycles. The summed E-state index contributed by atoms with van der Waals surface area (Å²) in [5.41, 5.74) is 0.975. The first-order chi connectivity index (χ1) is 14.7. The molecule has 2 heterocycles. The summed E-state index contributed by atoms with van der Waals surface area (Å²) in [5.74, 6) is -1.22. The molecule has 3 rings (SSSR count). The summed E-state index contributed by atoms with van der Waals surface area (Å²) in [7, 11) is 0. The van der Waals surface area contributed by atoms with E-state index in [0.29, 0.717) is 18.0 Å². The van der Waals surface area contributed by atoms with Crippen LogP contribution >= 0.6 is 0 Å². The summed E-state index contributed by atoms with van der Waals surface area (Å²) < 4.78 is 5.21. The minimum absolute atomic E-state index is 0.0287. The highest BCUT2D eigenvalue weighted by Crippen LogP contribution is 2.31. The lowest BCUT2D eigenvalue weighted by Gasteiger charge is -2.31. The van der Waals surface area contributed by atoms with Crippen LogP contribution in [0.4, 0.5) is 11.4 Å². The number of furan rings is 1. The Balaban J connectivity index is 1.61. The van der Waals surface area contributed by atoms with Crippen LogP contribution in [0.15, 0.2) is 41.0 Å². The van der Waals surface area contributed by atoms with Crippen LogP contribution in [-0.4, -0.2) is 41.5 Å². The quantitative estimate of drug-likeness (QED) is 0.613. The number of hydrogen-bond acceptors (Lipinski definition) is 5. The molecular weight excluding hydrogens is 398 g/mol. The lowest BCUT2D eigenvalue weighted by atomic mass is 9.99. The van der Waals surface area contributed by atoms with Crippen molar-refractivity contribution in [1.82, 2.24) is 5.32 Å². The third-order valence-electron chi connectivity index (χ3n) is 5.19. The topological polar surface area (TPSA) is 112 Å². The molecule has 0 aliphatic carbocycles. The van der Waals surface area contributed by atoms with Gasteiger partial charge in [0.1, 0.15) is 5.76 Å². The molecule has 1 unspecified atom stereocenters. The maximum Gasteiger partial charge on any atom is 0.313 e. The average Bonchev–Trinajstić information content (AvgIpc) is 3.23. The van der Waals surface area contributed by atoms with Crippen LogP contribution in [-0.2, 0) is 27.2 Å². The van der Waals surface area contributed by atoms with E-state index in [0.717, 1.165) is 24.1 Å². The summed E-state index contributed by atoms with van der Waals surface area (Å²) >= 11 is 0. The number of hydrogen-bond donors (Lipinski definition) is 3. The first-order valence-electron chi connectivity index (χ1n) is 10.4. The molecule has 1 aliphatic heterocycles. The van der Waals surface area contributed by atoms with Crippen LogP contribution in [0.25, 0.3) is 0 Å². The zero-order valence-electron chi connectivity index (χ0n) is 18.1. The second kappa shape index (κ2) is 9.34. The Morgan fingerprint density at radius 3 is 2.68 bits per heavy atom. The van der Waals surface area contributed by atoms with Gasteiger partial charge in [-0.15, -0.1) is 0 Å². The fourth-order valence-corrected chi connectivity index (χ4v) is 3.58. The third kappa shape index (κ3) is 5.73. The molecule has 3 amide bonds. The van der Waals surface area contributed by atoms with Crippen LogP contribution in [0.2, 0.25) is 0 Å². The minimum atomic E-state index is -1.27. The van der Waals surface area contributed by atoms with Crippen LogP contribution in [0, 0.1) is 5.92 Å². The number of carbonyl (C=O) groups is 3. The monoisotopic (exact) mass is 427 g/mol. The summed E-state index contributed by atoms with van der Waals surface area (Å²) in [6.07, 6.45) is 3.45. The average molecular weight is 428 g/mol. The third-order valence-corrected chi connectivity index (χ3v) is 5.19.